The number of nitrogens with zero attached hydrogens (tertiary/aromatic N) is 1. The zero-order chi connectivity index (χ0) is 15.2. The van der Waals surface area contributed by atoms with Crippen LogP contribution < -0.4 is 5.32 Å². The lowest BCUT2D eigenvalue weighted by Crippen LogP contribution is -2.42. The van der Waals surface area contributed by atoms with E-state index in [1.54, 1.807) is 0 Å². The molecule has 0 unspecified atom stereocenters. The Bertz CT molecular complexity index is 397. The minimum atomic E-state index is -0.424. The Kier molecular flexibility index (Phi) is 5.88. The number of nitrogens with one attached hydrogen (secondary N) is 1. The lowest BCUT2D eigenvalue weighted by molar-refractivity contribution is -0.137. The van der Waals surface area contributed by atoms with Gasteiger partial charge >= 0.3 is 0 Å². The maximum Gasteiger partial charge on any atom is 0.253 e. The highest BCUT2D eigenvalue weighted by molar-refractivity contribution is 6.13. The van der Waals surface area contributed by atoms with Gasteiger partial charge in [0.15, 0.2) is 0 Å². The maximum absolute atomic E-state index is 11.7. The molecule has 0 aromatic carbocycles. The van der Waals surface area contributed by atoms with Gasteiger partial charge in [0.25, 0.3) is 11.8 Å². The summed E-state index contributed by atoms with van der Waals surface area (Å²) in [7, 11) is 0. The third kappa shape index (κ3) is 5.13. The first kappa shape index (κ1) is 16.4. The number of imide groups is 1. The monoisotopic (exact) mass is 282 g/mol. The van der Waals surface area contributed by atoms with Crippen molar-refractivity contribution in [3.05, 3.63) is 12.2 Å². The fourth-order valence-electron chi connectivity index (χ4n) is 1.69. The maximum atomic E-state index is 11.7. The van der Waals surface area contributed by atoms with Gasteiger partial charge in [-0.05, 0) is 20.3 Å². The Labute approximate surface area is 119 Å². The summed E-state index contributed by atoms with van der Waals surface area (Å²) in [5, 5.41) is 2.75. The molecular weight excluding hydrogens is 260 g/mol. The largest absolute Gasteiger partial charge is 0.374 e. The Morgan fingerprint density at radius 2 is 1.90 bits per heavy atom. The lowest BCUT2D eigenvalue weighted by atomic mass is 10.1. The normalized spacial score (nSPS) is 15.1. The van der Waals surface area contributed by atoms with E-state index in [0.717, 1.165) is 11.3 Å². The highest BCUT2D eigenvalue weighted by Gasteiger charge is 2.24. The van der Waals surface area contributed by atoms with Crippen LogP contribution in [0.25, 0.3) is 0 Å². The first-order valence-electron chi connectivity index (χ1n) is 6.80. The van der Waals surface area contributed by atoms with Crippen LogP contribution >= 0.6 is 0 Å². The number of amides is 3. The van der Waals surface area contributed by atoms with Crippen molar-refractivity contribution >= 4 is 17.7 Å². The molecule has 20 heavy (non-hydrogen) atoms. The summed E-state index contributed by atoms with van der Waals surface area (Å²) >= 11 is 0. The van der Waals surface area contributed by atoms with Gasteiger partial charge in [0.05, 0.1) is 5.60 Å². The van der Waals surface area contributed by atoms with E-state index in [1.807, 2.05) is 20.8 Å². The minimum absolute atomic E-state index is 0.100. The number of hydrogen-bond acceptors (Lipinski definition) is 4. The zero-order valence-electron chi connectivity index (χ0n) is 12.3. The molecule has 0 bridgehead atoms. The van der Waals surface area contributed by atoms with Gasteiger partial charge < -0.3 is 10.1 Å². The van der Waals surface area contributed by atoms with E-state index in [1.165, 1.54) is 12.2 Å². The average Bonchev–Trinajstić information content (AvgIpc) is 2.71. The third-order valence-corrected chi connectivity index (χ3v) is 2.87. The molecule has 0 fully saturated rings. The molecular formula is C14H22N2O4. The van der Waals surface area contributed by atoms with Crippen LogP contribution in [0.3, 0.4) is 0 Å². The van der Waals surface area contributed by atoms with Crippen molar-refractivity contribution in [2.75, 3.05) is 19.7 Å². The number of rotatable bonds is 8. The number of carbonyl (C=O) groups is 3. The standard InChI is InChI=1S/C14H22N2O4/c1-4-9-20-14(2,3)10-15-11(17)7-8-16-12(18)5-6-13(16)19/h5-6H,4,7-10H2,1-3H3,(H,15,17). The summed E-state index contributed by atoms with van der Waals surface area (Å²) in [4.78, 5) is 35.3. The van der Waals surface area contributed by atoms with Crippen molar-refractivity contribution in [2.45, 2.75) is 39.2 Å². The van der Waals surface area contributed by atoms with Crippen LogP contribution in [0, 0.1) is 0 Å². The van der Waals surface area contributed by atoms with Crippen molar-refractivity contribution < 1.29 is 19.1 Å². The Morgan fingerprint density at radius 1 is 1.30 bits per heavy atom. The van der Waals surface area contributed by atoms with Crippen LogP contribution in [0.5, 0.6) is 0 Å². The number of ether oxygens (including phenoxy) is 1. The van der Waals surface area contributed by atoms with E-state index in [2.05, 4.69) is 5.32 Å². The van der Waals surface area contributed by atoms with Crippen LogP contribution in [-0.4, -0.2) is 47.9 Å². The molecule has 0 aliphatic carbocycles. The van der Waals surface area contributed by atoms with E-state index >= 15 is 0 Å². The molecule has 0 spiro atoms. The second-order valence-electron chi connectivity index (χ2n) is 5.30. The van der Waals surface area contributed by atoms with Crippen molar-refractivity contribution in [1.82, 2.24) is 10.2 Å². The van der Waals surface area contributed by atoms with Crippen molar-refractivity contribution in [2.24, 2.45) is 0 Å². The van der Waals surface area contributed by atoms with Crippen LogP contribution in [0.4, 0.5) is 0 Å². The van der Waals surface area contributed by atoms with Gasteiger partial charge in [0.1, 0.15) is 0 Å². The van der Waals surface area contributed by atoms with E-state index in [-0.39, 0.29) is 30.7 Å². The number of hydrogen-bond donors (Lipinski definition) is 1. The predicted octanol–water partition coefficient (Wildman–Crippen LogP) is 0.623. The van der Waals surface area contributed by atoms with E-state index in [4.69, 9.17) is 4.74 Å². The fourth-order valence-corrected chi connectivity index (χ4v) is 1.69. The molecule has 1 heterocycles. The summed E-state index contributed by atoms with van der Waals surface area (Å²) in [6.45, 7) is 6.97. The van der Waals surface area contributed by atoms with Crippen molar-refractivity contribution in [3.63, 3.8) is 0 Å². The van der Waals surface area contributed by atoms with E-state index < -0.39 is 5.60 Å². The van der Waals surface area contributed by atoms with Crippen LogP contribution in [0.15, 0.2) is 12.2 Å². The smallest absolute Gasteiger partial charge is 0.253 e. The molecule has 1 N–H and O–H groups in total. The van der Waals surface area contributed by atoms with E-state index in [9.17, 15) is 14.4 Å². The molecule has 1 aliphatic rings. The molecule has 0 aromatic rings. The SMILES string of the molecule is CCCOC(C)(C)CNC(=O)CCN1C(=O)C=CC1=O. The minimum Gasteiger partial charge on any atom is -0.374 e. The summed E-state index contributed by atoms with van der Waals surface area (Å²) in [5.74, 6) is -0.936. The number of carbonyl (C=O) groups excluding carboxylic acids is 3. The Balaban J connectivity index is 2.27. The molecule has 1 aliphatic heterocycles. The van der Waals surface area contributed by atoms with Gasteiger partial charge in [-0.1, -0.05) is 6.92 Å². The summed E-state index contributed by atoms with van der Waals surface area (Å²) in [5.41, 5.74) is -0.424. The fraction of sp³-hybridized carbons (Fsp3) is 0.643. The van der Waals surface area contributed by atoms with Gasteiger partial charge in [-0.2, -0.15) is 0 Å². The average molecular weight is 282 g/mol. The topological polar surface area (TPSA) is 75.7 Å². The second-order valence-corrected chi connectivity index (χ2v) is 5.30. The van der Waals surface area contributed by atoms with Gasteiger partial charge in [0, 0.05) is 38.3 Å². The molecule has 1 rings (SSSR count). The molecule has 0 radical (unpaired) electrons. The first-order valence-corrected chi connectivity index (χ1v) is 6.80. The van der Waals surface area contributed by atoms with Gasteiger partial charge in [-0.25, -0.2) is 0 Å². The molecule has 0 aromatic heterocycles. The van der Waals surface area contributed by atoms with Crippen LogP contribution in [-0.2, 0) is 19.1 Å². The highest BCUT2D eigenvalue weighted by Crippen LogP contribution is 2.08. The third-order valence-electron chi connectivity index (χ3n) is 2.87. The summed E-state index contributed by atoms with van der Waals surface area (Å²) in [6, 6.07) is 0. The highest BCUT2D eigenvalue weighted by atomic mass is 16.5. The molecule has 0 saturated carbocycles. The molecule has 0 saturated heterocycles. The molecule has 112 valence electrons. The zero-order valence-corrected chi connectivity index (χ0v) is 12.3. The van der Waals surface area contributed by atoms with E-state index in [0.29, 0.717) is 13.2 Å². The Hall–Kier alpha value is -1.69. The Morgan fingerprint density at radius 3 is 2.45 bits per heavy atom. The lowest BCUT2D eigenvalue weighted by Gasteiger charge is -2.25. The quantitative estimate of drug-likeness (QED) is 0.662. The molecule has 0 atom stereocenters. The van der Waals surface area contributed by atoms with Gasteiger partial charge in [-0.15, -0.1) is 0 Å². The predicted molar refractivity (Wildman–Crippen MR) is 73.8 cm³/mol. The summed E-state index contributed by atoms with van der Waals surface area (Å²) < 4.78 is 5.60. The van der Waals surface area contributed by atoms with Gasteiger partial charge in [-0.3, -0.25) is 19.3 Å². The van der Waals surface area contributed by atoms with Crippen LogP contribution in [0.1, 0.15) is 33.6 Å². The molecule has 6 heteroatoms. The molecule has 3 amide bonds. The van der Waals surface area contributed by atoms with Gasteiger partial charge in [0.2, 0.25) is 5.91 Å². The first-order chi connectivity index (χ1) is 9.35. The van der Waals surface area contributed by atoms with Crippen molar-refractivity contribution in [1.29, 1.82) is 0 Å². The molecule has 6 nitrogen and oxygen atoms in total. The van der Waals surface area contributed by atoms with Crippen LogP contribution in [0.2, 0.25) is 0 Å². The van der Waals surface area contributed by atoms with Crippen molar-refractivity contribution in [3.8, 4) is 0 Å². The second kappa shape index (κ2) is 7.19. The summed E-state index contributed by atoms with van der Waals surface area (Å²) in [6.07, 6.45) is 3.44.